The molecule has 0 fully saturated rings. The molecule has 0 aliphatic carbocycles. The molecule has 2 aromatic carbocycles. The molecule has 0 saturated heterocycles. The summed E-state index contributed by atoms with van der Waals surface area (Å²) < 4.78 is 79.8. The Morgan fingerprint density at radius 2 is 1.61 bits per heavy atom. The first kappa shape index (κ1) is 40.7. The minimum absolute atomic E-state index is 0.0288. The SMILES string of the molecule is C=C(C)CN(CCC)C(=C)CC(Cc1cc(F)c(F)cc1F)NC(C(=O)OC)c1ccccc1Cl.CC.CC(=N)C(F)(F)F. The number of esters is 1. The number of benzene rings is 2. The Morgan fingerprint density at radius 1 is 1.07 bits per heavy atom. The summed E-state index contributed by atoms with van der Waals surface area (Å²) in [6.45, 7) is 18.1. The van der Waals surface area contributed by atoms with Gasteiger partial charge in [-0.05, 0) is 49.9 Å². The fraction of sp³-hybridized carbons (Fsp3) is 0.438. The highest BCUT2D eigenvalue weighted by molar-refractivity contribution is 6.31. The van der Waals surface area contributed by atoms with E-state index in [1.165, 1.54) is 7.11 Å². The van der Waals surface area contributed by atoms with Crippen LogP contribution in [-0.4, -0.2) is 49.0 Å². The first-order valence-electron chi connectivity index (χ1n) is 13.9. The summed E-state index contributed by atoms with van der Waals surface area (Å²) in [5.41, 5.74) is 0.874. The Labute approximate surface area is 261 Å². The number of carbonyl (C=O) groups is 1. The topological polar surface area (TPSA) is 65.4 Å². The van der Waals surface area contributed by atoms with Gasteiger partial charge in [0.05, 0.1) is 7.11 Å². The number of ether oxygens (including phenoxy) is 1. The summed E-state index contributed by atoms with van der Waals surface area (Å²) in [6, 6.07) is 6.59. The zero-order valence-electron chi connectivity index (χ0n) is 26.0. The fourth-order valence-electron chi connectivity index (χ4n) is 3.88. The molecule has 246 valence electrons. The number of alkyl halides is 3. The minimum atomic E-state index is -4.42. The summed E-state index contributed by atoms with van der Waals surface area (Å²) in [6.07, 6.45) is -3.29. The van der Waals surface area contributed by atoms with E-state index in [1.807, 2.05) is 27.7 Å². The Balaban J connectivity index is 0.00000180. The van der Waals surface area contributed by atoms with Crippen molar-refractivity contribution in [3.05, 3.63) is 94.4 Å². The van der Waals surface area contributed by atoms with Crippen LogP contribution < -0.4 is 5.32 Å². The maximum absolute atomic E-state index is 14.5. The largest absolute Gasteiger partial charge is 0.468 e. The van der Waals surface area contributed by atoms with Gasteiger partial charge in [0, 0.05) is 42.3 Å². The van der Waals surface area contributed by atoms with Gasteiger partial charge < -0.3 is 15.0 Å². The first-order chi connectivity index (χ1) is 20.5. The maximum Gasteiger partial charge on any atom is 0.428 e. The molecule has 2 N–H and O–H groups in total. The number of nitrogens with one attached hydrogen (secondary N) is 2. The monoisotopic (exact) mass is 649 g/mol. The Morgan fingerprint density at radius 3 is 2.09 bits per heavy atom. The summed E-state index contributed by atoms with van der Waals surface area (Å²) in [7, 11) is 1.26. The molecule has 0 bridgehead atoms. The van der Waals surface area contributed by atoms with Crippen molar-refractivity contribution in [2.45, 2.75) is 72.1 Å². The van der Waals surface area contributed by atoms with Gasteiger partial charge in [0.15, 0.2) is 11.6 Å². The van der Waals surface area contributed by atoms with Crippen LogP contribution in [0.4, 0.5) is 26.3 Å². The lowest BCUT2D eigenvalue weighted by Gasteiger charge is -2.31. The Hall–Kier alpha value is -3.31. The van der Waals surface area contributed by atoms with Gasteiger partial charge in [-0.1, -0.05) is 69.3 Å². The lowest BCUT2D eigenvalue weighted by Crippen LogP contribution is -2.41. The number of nitrogens with zero attached hydrogens (tertiary/aromatic N) is 1. The van der Waals surface area contributed by atoms with Crippen molar-refractivity contribution in [3.8, 4) is 0 Å². The number of methoxy groups -OCH3 is 1. The van der Waals surface area contributed by atoms with E-state index in [1.54, 1.807) is 24.3 Å². The third-order valence-corrected chi connectivity index (χ3v) is 6.26. The maximum atomic E-state index is 14.5. The van der Waals surface area contributed by atoms with Gasteiger partial charge in [-0.25, -0.2) is 18.0 Å². The van der Waals surface area contributed by atoms with Crippen LogP contribution in [0.25, 0.3) is 0 Å². The summed E-state index contributed by atoms with van der Waals surface area (Å²) in [5.74, 6) is -3.88. The minimum Gasteiger partial charge on any atom is -0.468 e. The molecule has 44 heavy (non-hydrogen) atoms. The molecule has 2 atom stereocenters. The number of hydrogen-bond acceptors (Lipinski definition) is 5. The predicted molar refractivity (Wildman–Crippen MR) is 164 cm³/mol. The summed E-state index contributed by atoms with van der Waals surface area (Å²) >= 11 is 6.35. The van der Waals surface area contributed by atoms with Crippen LogP contribution in [0.15, 0.2) is 60.8 Å². The van der Waals surface area contributed by atoms with Crippen LogP contribution in [0.3, 0.4) is 0 Å². The third kappa shape index (κ3) is 14.0. The van der Waals surface area contributed by atoms with E-state index >= 15 is 0 Å². The van der Waals surface area contributed by atoms with Crippen LogP contribution in [0.2, 0.25) is 5.02 Å². The van der Waals surface area contributed by atoms with E-state index in [0.29, 0.717) is 36.5 Å². The molecule has 0 saturated carbocycles. The molecule has 0 aliphatic rings. The van der Waals surface area contributed by atoms with Crippen LogP contribution in [0.5, 0.6) is 0 Å². The second-order valence-electron chi connectivity index (χ2n) is 9.67. The van der Waals surface area contributed by atoms with Crippen LogP contribution in [0, 0.1) is 22.9 Å². The summed E-state index contributed by atoms with van der Waals surface area (Å²) in [5, 5.41) is 9.57. The van der Waals surface area contributed by atoms with Gasteiger partial charge in [-0.15, -0.1) is 0 Å². The molecule has 0 amide bonds. The number of hydrogen-bond donors (Lipinski definition) is 2. The van der Waals surface area contributed by atoms with Crippen molar-refractivity contribution in [1.82, 2.24) is 10.2 Å². The lowest BCUT2D eigenvalue weighted by atomic mass is 9.97. The molecule has 5 nitrogen and oxygen atoms in total. The molecular weight excluding hydrogens is 608 g/mol. The smallest absolute Gasteiger partial charge is 0.428 e. The lowest BCUT2D eigenvalue weighted by molar-refractivity contribution is -0.143. The van der Waals surface area contributed by atoms with Crippen molar-refractivity contribution in [2.75, 3.05) is 20.2 Å². The molecule has 0 heterocycles. The quantitative estimate of drug-likeness (QED) is 0.0747. The van der Waals surface area contributed by atoms with E-state index in [-0.39, 0.29) is 12.0 Å². The molecule has 0 aromatic heterocycles. The van der Waals surface area contributed by atoms with Crippen LogP contribution >= 0.6 is 11.6 Å². The predicted octanol–water partition coefficient (Wildman–Crippen LogP) is 8.98. The highest BCUT2D eigenvalue weighted by atomic mass is 35.5. The highest BCUT2D eigenvalue weighted by Crippen LogP contribution is 2.27. The van der Waals surface area contributed by atoms with Crippen molar-refractivity contribution in [1.29, 1.82) is 5.41 Å². The van der Waals surface area contributed by atoms with E-state index in [0.717, 1.165) is 30.3 Å². The van der Waals surface area contributed by atoms with E-state index < -0.39 is 47.4 Å². The second-order valence-corrected chi connectivity index (χ2v) is 10.1. The molecule has 2 unspecified atom stereocenters. The van der Waals surface area contributed by atoms with E-state index in [4.69, 9.17) is 21.7 Å². The molecule has 0 radical (unpaired) electrons. The van der Waals surface area contributed by atoms with Gasteiger partial charge in [0.2, 0.25) is 0 Å². The van der Waals surface area contributed by atoms with Gasteiger partial charge in [0.1, 0.15) is 17.6 Å². The van der Waals surface area contributed by atoms with Crippen molar-refractivity contribution < 1.29 is 35.9 Å². The third-order valence-electron chi connectivity index (χ3n) is 5.92. The summed E-state index contributed by atoms with van der Waals surface area (Å²) in [4.78, 5) is 14.8. The Bertz CT molecular complexity index is 1250. The Kier molecular flexibility index (Phi) is 18.4. The standard InChI is InChI=1S/C27H32ClF3N2O2.C3H4F3N.C2H6/c1-6-11-33(16-17(2)3)18(4)12-20(13-19-14-24(30)25(31)15-23(19)29)32-26(27(34)35-5)21-9-7-8-10-22(21)28;1-2(7)3(4,5)6;1-2/h7-10,14-15,20,26,32H,2,4,6,11-13,16H2,1,3,5H3;7H,1H3;1-2H3. The van der Waals surface area contributed by atoms with Gasteiger partial charge in [0.25, 0.3) is 0 Å². The second kappa shape index (κ2) is 19.9. The van der Waals surface area contributed by atoms with Gasteiger partial charge in [-0.2, -0.15) is 13.2 Å². The highest BCUT2D eigenvalue weighted by Gasteiger charge is 2.30. The van der Waals surface area contributed by atoms with Gasteiger partial charge in [-0.3, -0.25) is 5.32 Å². The number of halogens is 7. The first-order valence-corrected chi connectivity index (χ1v) is 14.3. The van der Waals surface area contributed by atoms with E-state index in [2.05, 4.69) is 23.4 Å². The molecule has 0 aliphatic heterocycles. The molecule has 12 heteroatoms. The van der Waals surface area contributed by atoms with Crippen molar-refractivity contribution >= 4 is 23.3 Å². The van der Waals surface area contributed by atoms with Crippen molar-refractivity contribution in [2.24, 2.45) is 0 Å². The molecule has 0 spiro atoms. The van der Waals surface area contributed by atoms with Crippen molar-refractivity contribution in [3.63, 3.8) is 0 Å². The molecule has 2 rings (SSSR count). The number of carbonyl (C=O) groups excluding carboxylic acids is 1. The van der Waals surface area contributed by atoms with Gasteiger partial charge >= 0.3 is 12.1 Å². The van der Waals surface area contributed by atoms with Crippen LogP contribution in [-0.2, 0) is 16.0 Å². The zero-order valence-corrected chi connectivity index (χ0v) is 26.7. The molecule has 2 aromatic rings. The molecular formula is C32H42ClF6N3O2. The number of rotatable bonds is 13. The normalized spacial score (nSPS) is 12.0. The fourth-order valence-corrected chi connectivity index (χ4v) is 4.13. The van der Waals surface area contributed by atoms with Crippen LogP contribution in [0.1, 0.15) is 64.6 Å². The zero-order chi connectivity index (χ0) is 34.2. The van der Waals surface area contributed by atoms with E-state index in [9.17, 15) is 31.1 Å². The average molecular weight is 650 g/mol. The average Bonchev–Trinajstić information content (AvgIpc) is 2.95.